The van der Waals surface area contributed by atoms with E-state index in [1.54, 1.807) is 6.07 Å². The van der Waals surface area contributed by atoms with Crippen molar-refractivity contribution in [2.24, 2.45) is 0 Å². The number of unbranched alkanes of at least 4 members (excludes halogenated alkanes) is 1. The average Bonchev–Trinajstić information content (AvgIpc) is 2.20. The minimum atomic E-state index is 0.674. The van der Waals surface area contributed by atoms with Crippen molar-refractivity contribution in [3.05, 3.63) is 28.2 Å². The lowest BCUT2D eigenvalue weighted by Gasteiger charge is -2.08. The molecule has 4 heteroatoms. The first-order chi connectivity index (χ1) is 7.24. The fourth-order valence-corrected chi connectivity index (χ4v) is 2.20. The van der Waals surface area contributed by atoms with Gasteiger partial charge in [0.2, 0.25) is 0 Å². The molecule has 0 amide bonds. The van der Waals surface area contributed by atoms with E-state index in [2.05, 4.69) is 11.6 Å². The van der Waals surface area contributed by atoms with Crippen LogP contribution in [0.25, 0.3) is 0 Å². The molecule has 84 valence electrons. The summed E-state index contributed by atoms with van der Waals surface area (Å²) in [5, 5.41) is 4.66. The van der Waals surface area contributed by atoms with Crippen LogP contribution in [0.5, 0.6) is 0 Å². The Kier molecular flexibility index (Phi) is 6.30. The maximum atomic E-state index is 6.02. The van der Waals surface area contributed by atoms with E-state index < -0.39 is 0 Å². The fraction of sp³-hybridized carbons (Fsp3) is 0.455. The van der Waals surface area contributed by atoms with Gasteiger partial charge >= 0.3 is 0 Å². The Balaban J connectivity index is 2.31. The van der Waals surface area contributed by atoms with Crippen LogP contribution < -0.4 is 5.32 Å². The van der Waals surface area contributed by atoms with Crippen LogP contribution in [-0.4, -0.2) is 18.6 Å². The van der Waals surface area contributed by atoms with Gasteiger partial charge in [-0.3, -0.25) is 0 Å². The smallest absolute Gasteiger partial charge is 0.0652 e. The van der Waals surface area contributed by atoms with Crippen LogP contribution in [0.4, 0.5) is 5.69 Å². The SMILES string of the molecule is CSCCCCNc1ccc(Cl)cc1Cl. The van der Waals surface area contributed by atoms with Crippen molar-refractivity contribution in [3.8, 4) is 0 Å². The molecule has 0 spiro atoms. The summed E-state index contributed by atoms with van der Waals surface area (Å²) in [6, 6.07) is 5.52. The zero-order valence-corrected chi connectivity index (χ0v) is 11.1. The van der Waals surface area contributed by atoms with Crippen molar-refractivity contribution in [1.82, 2.24) is 0 Å². The van der Waals surface area contributed by atoms with Gasteiger partial charge in [0, 0.05) is 11.6 Å². The quantitative estimate of drug-likeness (QED) is 0.756. The van der Waals surface area contributed by atoms with Gasteiger partial charge in [-0.25, -0.2) is 0 Å². The Hall–Kier alpha value is -0.0500. The van der Waals surface area contributed by atoms with Gasteiger partial charge in [0.1, 0.15) is 0 Å². The number of nitrogens with one attached hydrogen (secondary N) is 1. The minimum Gasteiger partial charge on any atom is -0.384 e. The molecule has 0 radical (unpaired) electrons. The molecule has 0 aliphatic rings. The largest absolute Gasteiger partial charge is 0.384 e. The predicted octanol–water partition coefficient (Wildman–Crippen LogP) is 4.55. The Morgan fingerprint density at radius 1 is 1.27 bits per heavy atom. The Labute approximate surface area is 106 Å². The molecule has 1 aromatic carbocycles. The summed E-state index contributed by atoms with van der Waals surface area (Å²) in [5.41, 5.74) is 0.963. The summed E-state index contributed by atoms with van der Waals surface area (Å²) < 4.78 is 0. The molecule has 1 N–H and O–H groups in total. The zero-order chi connectivity index (χ0) is 11.1. The van der Waals surface area contributed by atoms with Gasteiger partial charge in [-0.15, -0.1) is 0 Å². The Morgan fingerprint density at radius 2 is 2.07 bits per heavy atom. The van der Waals surface area contributed by atoms with Gasteiger partial charge in [-0.1, -0.05) is 23.2 Å². The summed E-state index contributed by atoms with van der Waals surface area (Å²) in [6.45, 7) is 0.960. The molecule has 0 unspecified atom stereocenters. The van der Waals surface area contributed by atoms with Crippen molar-refractivity contribution >= 4 is 40.7 Å². The molecular weight excluding hydrogens is 249 g/mol. The van der Waals surface area contributed by atoms with E-state index in [-0.39, 0.29) is 0 Å². The first kappa shape index (κ1) is 13.0. The number of thioether (sulfide) groups is 1. The third-order valence-corrected chi connectivity index (χ3v) is 3.27. The molecule has 0 bridgehead atoms. The summed E-state index contributed by atoms with van der Waals surface area (Å²) >= 11 is 13.7. The molecule has 1 rings (SSSR count). The molecule has 0 heterocycles. The molecule has 1 nitrogen and oxygen atoms in total. The number of hydrogen-bond donors (Lipinski definition) is 1. The summed E-state index contributed by atoms with van der Waals surface area (Å²) in [4.78, 5) is 0. The van der Waals surface area contributed by atoms with E-state index in [4.69, 9.17) is 23.2 Å². The standard InChI is InChI=1S/C11H15Cl2NS/c1-15-7-3-2-6-14-11-5-4-9(12)8-10(11)13/h4-5,8,14H,2-3,6-7H2,1H3. The Bertz CT molecular complexity index is 305. The van der Waals surface area contributed by atoms with E-state index in [1.807, 2.05) is 23.9 Å². The number of halogens is 2. The number of rotatable bonds is 6. The second kappa shape index (κ2) is 7.26. The topological polar surface area (TPSA) is 12.0 Å². The average molecular weight is 264 g/mol. The predicted molar refractivity (Wildman–Crippen MR) is 72.6 cm³/mol. The molecule has 0 saturated carbocycles. The van der Waals surface area contributed by atoms with Crippen LogP contribution in [0.2, 0.25) is 10.0 Å². The zero-order valence-electron chi connectivity index (χ0n) is 8.72. The molecule has 15 heavy (non-hydrogen) atoms. The summed E-state index contributed by atoms with van der Waals surface area (Å²) in [7, 11) is 0. The highest BCUT2D eigenvalue weighted by molar-refractivity contribution is 7.98. The second-order valence-corrected chi connectivity index (χ2v) is 5.08. The van der Waals surface area contributed by atoms with Crippen molar-refractivity contribution < 1.29 is 0 Å². The van der Waals surface area contributed by atoms with Crippen molar-refractivity contribution in [2.45, 2.75) is 12.8 Å². The van der Waals surface area contributed by atoms with E-state index >= 15 is 0 Å². The molecule has 0 aliphatic carbocycles. The van der Waals surface area contributed by atoms with Gasteiger partial charge < -0.3 is 5.32 Å². The molecule has 1 aromatic rings. The normalized spacial score (nSPS) is 10.3. The summed E-state index contributed by atoms with van der Waals surface area (Å²) in [5.74, 6) is 1.22. The second-order valence-electron chi connectivity index (χ2n) is 3.25. The van der Waals surface area contributed by atoms with E-state index in [0.717, 1.165) is 12.2 Å². The van der Waals surface area contributed by atoms with Crippen LogP contribution in [0.3, 0.4) is 0 Å². The van der Waals surface area contributed by atoms with Crippen LogP contribution in [0.1, 0.15) is 12.8 Å². The lowest BCUT2D eigenvalue weighted by molar-refractivity contribution is 0.843. The maximum Gasteiger partial charge on any atom is 0.0652 e. The molecule has 0 atom stereocenters. The lowest BCUT2D eigenvalue weighted by atomic mass is 10.3. The highest BCUT2D eigenvalue weighted by Crippen LogP contribution is 2.25. The molecule has 0 fully saturated rings. The van der Waals surface area contributed by atoms with Gasteiger partial charge in [0.05, 0.1) is 10.7 Å². The van der Waals surface area contributed by atoms with Gasteiger partial charge in [-0.05, 0) is 43.0 Å². The monoisotopic (exact) mass is 263 g/mol. The van der Waals surface area contributed by atoms with Gasteiger partial charge in [-0.2, -0.15) is 11.8 Å². The van der Waals surface area contributed by atoms with Crippen molar-refractivity contribution in [2.75, 3.05) is 23.9 Å². The molecule has 0 aliphatic heterocycles. The van der Waals surface area contributed by atoms with E-state index in [0.29, 0.717) is 10.0 Å². The van der Waals surface area contributed by atoms with Gasteiger partial charge in [0.25, 0.3) is 0 Å². The third-order valence-electron chi connectivity index (χ3n) is 2.02. The van der Waals surface area contributed by atoms with Crippen molar-refractivity contribution in [3.63, 3.8) is 0 Å². The first-order valence-corrected chi connectivity index (χ1v) is 7.07. The molecule has 0 aromatic heterocycles. The molecule has 0 saturated heterocycles. The van der Waals surface area contributed by atoms with E-state index in [1.165, 1.54) is 18.6 Å². The van der Waals surface area contributed by atoms with Gasteiger partial charge in [0.15, 0.2) is 0 Å². The van der Waals surface area contributed by atoms with Crippen LogP contribution in [0, 0.1) is 0 Å². The Morgan fingerprint density at radius 3 is 2.73 bits per heavy atom. The first-order valence-electron chi connectivity index (χ1n) is 4.92. The summed E-state index contributed by atoms with van der Waals surface area (Å²) in [6.07, 6.45) is 4.53. The lowest BCUT2D eigenvalue weighted by Crippen LogP contribution is -2.02. The number of hydrogen-bond acceptors (Lipinski definition) is 2. The van der Waals surface area contributed by atoms with Crippen LogP contribution >= 0.6 is 35.0 Å². The highest BCUT2D eigenvalue weighted by Gasteiger charge is 1.99. The minimum absolute atomic E-state index is 0.674. The molecular formula is C11H15Cl2NS. The maximum absolute atomic E-state index is 6.02. The van der Waals surface area contributed by atoms with Crippen molar-refractivity contribution in [1.29, 1.82) is 0 Å². The highest BCUT2D eigenvalue weighted by atomic mass is 35.5. The fourth-order valence-electron chi connectivity index (χ4n) is 1.23. The number of benzene rings is 1. The third kappa shape index (κ3) is 5.01. The van der Waals surface area contributed by atoms with Crippen LogP contribution in [0.15, 0.2) is 18.2 Å². The van der Waals surface area contributed by atoms with E-state index in [9.17, 15) is 0 Å². The number of anilines is 1. The van der Waals surface area contributed by atoms with Crippen LogP contribution in [-0.2, 0) is 0 Å².